The van der Waals surface area contributed by atoms with Gasteiger partial charge in [0.2, 0.25) is 5.95 Å². The van der Waals surface area contributed by atoms with E-state index < -0.39 is 11.7 Å². The van der Waals surface area contributed by atoms with Gasteiger partial charge >= 0.3 is 0 Å². The molecule has 0 aliphatic carbocycles. The second kappa shape index (κ2) is 8.68. The molecule has 0 radical (unpaired) electrons. The zero-order valence-corrected chi connectivity index (χ0v) is 15.9. The summed E-state index contributed by atoms with van der Waals surface area (Å²) in [7, 11) is 0. The lowest BCUT2D eigenvalue weighted by Crippen LogP contribution is -2.29. The van der Waals surface area contributed by atoms with E-state index >= 15 is 0 Å². The molecule has 1 aromatic heterocycles. The van der Waals surface area contributed by atoms with Crippen molar-refractivity contribution in [1.29, 1.82) is 0 Å². The lowest BCUT2D eigenvalue weighted by molar-refractivity contribution is 0.102. The molecule has 1 aliphatic rings. The smallest absolute Gasteiger partial charge is 0.258 e. The van der Waals surface area contributed by atoms with Gasteiger partial charge in [0, 0.05) is 42.5 Å². The van der Waals surface area contributed by atoms with Crippen LogP contribution in [0.15, 0.2) is 60.9 Å². The first kappa shape index (κ1) is 18.9. The fourth-order valence-electron chi connectivity index (χ4n) is 3.32. The van der Waals surface area contributed by atoms with Crippen molar-refractivity contribution in [3.8, 4) is 0 Å². The fourth-order valence-corrected chi connectivity index (χ4v) is 3.32. The van der Waals surface area contributed by atoms with Crippen molar-refractivity contribution in [3.05, 3.63) is 72.3 Å². The number of hydrogen-bond donors (Lipinski definition) is 2. The first-order valence-corrected chi connectivity index (χ1v) is 9.68. The highest BCUT2D eigenvalue weighted by molar-refractivity contribution is 6.03. The number of carbonyl (C=O) groups is 1. The number of anilines is 4. The summed E-state index contributed by atoms with van der Waals surface area (Å²) in [6.45, 7) is 2.21. The zero-order chi connectivity index (χ0) is 20.1. The lowest BCUT2D eigenvalue weighted by Gasteiger charge is -2.28. The topological polar surface area (TPSA) is 70.2 Å². The number of benzene rings is 2. The van der Waals surface area contributed by atoms with E-state index in [0.717, 1.165) is 18.8 Å². The van der Waals surface area contributed by atoms with Gasteiger partial charge in [-0.15, -0.1) is 0 Å². The van der Waals surface area contributed by atoms with Crippen molar-refractivity contribution in [2.24, 2.45) is 0 Å². The average molecular weight is 391 g/mol. The predicted octanol–water partition coefficient (Wildman–Crippen LogP) is 4.60. The van der Waals surface area contributed by atoms with Gasteiger partial charge in [-0.25, -0.2) is 14.4 Å². The standard InChI is InChI=1S/C22H22FN5O/c23-17-5-4-6-19(13-17)26-21(29)16-14-24-22(25-15-16)27-18-7-9-20(10-8-18)28-11-2-1-3-12-28/h4-10,13-15H,1-3,11-12H2,(H,26,29)(H,24,25,27). The molecule has 29 heavy (non-hydrogen) atoms. The minimum Gasteiger partial charge on any atom is -0.372 e. The SMILES string of the molecule is O=C(Nc1cccc(F)c1)c1cnc(Nc2ccc(N3CCCCC3)cc2)nc1. The highest BCUT2D eigenvalue weighted by Crippen LogP contribution is 2.23. The Bertz CT molecular complexity index is 969. The Labute approximate surface area is 168 Å². The third-order valence-electron chi connectivity index (χ3n) is 4.84. The summed E-state index contributed by atoms with van der Waals surface area (Å²) < 4.78 is 13.2. The number of nitrogens with one attached hydrogen (secondary N) is 2. The Morgan fingerprint density at radius 2 is 1.66 bits per heavy atom. The van der Waals surface area contributed by atoms with Crippen LogP contribution in [-0.4, -0.2) is 29.0 Å². The Hall–Kier alpha value is -3.48. The second-order valence-electron chi connectivity index (χ2n) is 6.98. The van der Waals surface area contributed by atoms with Crippen molar-refractivity contribution >= 4 is 28.9 Å². The molecular formula is C22H22FN5O. The molecule has 7 heteroatoms. The van der Waals surface area contributed by atoms with Crippen LogP contribution in [0.2, 0.25) is 0 Å². The predicted molar refractivity (Wildman–Crippen MR) is 112 cm³/mol. The number of carbonyl (C=O) groups excluding carboxylic acids is 1. The van der Waals surface area contributed by atoms with E-state index in [0.29, 0.717) is 17.2 Å². The van der Waals surface area contributed by atoms with Gasteiger partial charge in [0.1, 0.15) is 5.82 Å². The summed E-state index contributed by atoms with van der Waals surface area (Å²) in [5.74, 6) is -0.407. The Kier molecular flexibility index (Phi) is 5.65. The molecule has 2 aromatic carbocycles. The van der Waals surface area contributed by atoms with Crippen molar-refractivity contribution in [2.75, 3.05) is 28.6 Å². The van der Waals surface area contributed by atoms with Crippen LogP contribution in [0.5, 0.6) is 0 Å². The van der Waals surface area contributed by atoms with Gasteiger partial charge in [-0.1, -0.05) is 6.07 Å². The van der Waals surface area contributed by atoms with E-state index in [1.807, 2.05) is 12.1 Å². The van der Waals surface area contributed by atoms with Crippen molar-refractivity contribution in [3.63, 3.8) is 0 Å². The van der Waals surface area contributed by atoms with E-state index in [1.54, 1.807) is 6.07 Å². The summed E-state index contributed by atoms with van der Waals surface area (Å²) in [5.41, 5.74) is 2.77. The van der Waals surface area contributed by atoms with E-state index in [-0.39, 0.29) is 0 Å². The summed E-state index contributed by atoms with van der Waals surface area (Å²) in [4.78, 5) is 23.0. The van der Waals surface area contributed by atoms with Gasteiger partial charge < -0.3 is 15.5 Å². The number of hydrogen-bond acceptors (Lipinski definition) is 5. The van der Waals surface area contributed by atoms with Crippen LogP contribution in [0, 0.1) is 5.82 Å². The molecule has 1 saturated heterocycles. The minimum atomic E-state index is -0.412. The third-order valence-corrected chi connectivity index (χ3v) is 4.84. The molecule has 2 heterocycles. The van der Waals surface area contributed by atoms with Crippen LogP contribution in [-0.2, 0) is 0 Å². The molecule has 4 rings (SSSR count). The maximum Gasteiger partial charge on any atom is 0.258 e. The van der Waals surface area contributed by atoms with Crippen molar-refractivity contribution in [2.45, 2.75) is 19.3 Å². The zero-order valence-electron chi connectivity index (χ0n) is 15.9. The molecule has 0 bridgehead atoms. The average Bonchev–Trinajstić information content (AvgIpc) is 2.75. The van der Waals surface area contributed by atoms with Crippen molar-refractivity contribution in [1.82, 2.24) is 9.97 Å². The maximum absolute atomic E-state index is 13.2. The molecule has 148 valence electrons. The molecule has 1 aliphatic heterocycles. The molecule has 0 atom stereocenters. The lowest BCUT2D eigenvalue weighted by atomic mass is 10.1. The molecule has 3 aromatic rings. The Balaban J connectivity index is 1.37. The van der Waals surface area contributed by atoms with Crippen molar-refractivity contribution < 1.29 is 9.18 Å². The van der Waals surface area contributed by atoms with Crippen LogP contribution in [0.4, 0.5) is 27.4 Å². The molecule has 0 saturated carbocycles. The van der Waals surface area contributed by atoms with E-state index in [4.69, 9.17) is 0 Å². The second-order valence-corrected chi connectivity index (χ2v) is 6.98. The van der Waals surface area contributed by atoms with Gasteiger partial charge in [0.15, 0.2) is 0 Å². The number of rotatable bonds is 5. The Morgan fingerprint density at radius 3 is 2.34 bits per heavy atom. The maximum atomic E-state index is 13.2. The molecule has 2 N–H and O–H groups in total. The summed E-state index contributed by atoms with van der Waals surface area (Å²) in [5, 5.41) is 5.76. The summed E-state index contributed by atoms with van der Waals surface area (Å²) in [6, 6.07) is 13.9. The largest absolute Gasteiger partial charge is 0.372 e. The molecule has 0 unspecified atom stereocenters. The van der Waals surface area contributed by atoms with Crippen LogP contribution in [0.1, 0.15) is 29.6 Å². The molecular weight excluding hydrogens is 369 g/mol. The van der Waals surface area contributed by atoms with E-state index in [2.05, 4.69) is 37.6 Å². The quantitative estimate of drug-likeness (QED) is 0.665. The number of nitrogens with zero attached hydrogens (tertiary/aromatic N) is 3. The minimum absolute atomic E-state index is 0.292. The molecule has 0 spiro atoms. The number of amides is 1. The van der Waals surface area contributed by atoms with Crippen LogP contribution in [0.25, 0.3) is 0 Å². The van der Waals surface area contributed by atoms with Crippen LogP contribution < -0.4 is 15.5 Å². The first-order chi connectivity index (χ1) is 14.2. The fraction of sp³-hybridized carbons (Fsp3) is 0.227. The van der Waals surface area contributed by atoms with Gasteiger partial charge in [-0.2, -0.15) is 0 Å². The molecule has 1 fully saturated rings. The van der Waals surface area contributed by atoms with Gasteiger partial charge in [0.05, 0.1) is 5.56 Å². The van der Waals surface area contributed by atoms with Gasteiger partial charge in [0.25, 0.3) is 5.91 Å². The van der Waals surface area contributed by atoms with E-state index in [1.165, 1.54) is 55.5 Å². The van der Waals surface area contributed by atoms with Crippen LogP contribution >= 0.6 is 0 Å². The number of aromatic nitrogens is 2. The normalized spacial score (nSPS) is 13.8. The third kappa shape index (κ3) is 4.87. The highest BCUT2D eigenvalue weighted by atomic mass is 19.1. The van der Waals surface area contributed by atoms with Gasteiger partial charge in [-0.05, 0) is 61.7 Å². The summed E-state index contributed by atoms with van der Waals surface area (Å²) in [6.07, 6.45) is 6.67. The Morgan fingerprint density at radius 1 is 0.931 bits per heavy atom. The number of halogens is 1. The summed E-state index contributed by atoms with van der Waals surface area (Å²) >= 11 is 0. The monoisotopic (exact) mass is 391 g/mol. The van der Waals surface area contributed by atoms with E-state index in [9.17, 15) is 9.18 Å². The van der Waals surface area contributed by atoms with Gasteiger partial charge in [-0.3, -0.25) is 4.79 Å². The first-order valence-electron chi connectivity index (χ1n) is 9.68. The number of piperidine rings is 1. The molecule has 1 amide bonds. The van der Waals surface area contributed by atoms with Crippen LogP contribution in [0.3, 0.4) is 0 Å². The highest BCUT2D eigenvalue weighted by Gasteiger charge is 2.11. The molecule has 6 nitrogen and oxygen atoms in total.